The molecule has 0 heterocycles. The highest BCUT2D eigenvalue weighted by Gasteiger charge is 2.25. The average molecular weight is 301 g/mol. The molecule has 0 spiro atoms. The molecule has 114 valence electrons. The van der Waals surface area contributed by atoms with Crippen LogP contribution in [0.3, 0.4) is 0 Å². The summed E-state index contributed by atoms with van der Waals surface area (Å²) >= 11 is 0. The number of anilines is 2. The number of benzene rings is 1. The molecule has 0 bridgehead atoms. The quantitative estimate of drug-likeness (QED) is 0.563. The molecule has 6 nitrogen and oxygen atoms in total. The van der Waals surface area contributed by atoms with Gasteiger partial charge in [0.1, 0.15) is 0 Å². The summed E-state index contributed by atoms with van der Waals surface area (Å²) in [7, 11) is -3.79. The van der Waals surface area contributed by atoms with E-state index in [0.29, 0.717) is 17.9 Å². The Hall–Kier alpha value is -1.31. The lowest BCUT2D eigenvalue weighted by Crippen LogP contribution is -2.32. The Morgan fingerprint density at radius 1 is 1.25 bits per heavy atom. The molecule has 0 aliphatic carbocycles. The van der Waals surface area contributed by atoms with Crippen LogP contribution in [0.25, 0.3) is 0 Å². The third-order valence-corrected chi connectivity index (χ3v) is 4.65. The molecule has 20 heavy (non-hydrogen) atoms. The molecule has 0 fully saturated rings. The maximum Gasteiger partial charge on any atom is 0.238 e. The van der Waals surface area contributed by atoms with Gasteiger partial charge in [0.2, 0.25) is 10.0 Å². The smallest absolute Gasteiger partial charge is 0.238 e. The number of hydrogen-bond donors (Lipinski definition) is 4. The van der Waals surface area contributed by atoms with Gasteiger partial charge in [0.15, 0.2) is 0 Å². The van der Waals surface area contributed by atoms with Crippen molar-refractivity contribution in [1.29, 1.82) is 0 Å². The van der Waals surface area contributed by atoms with Crippen molar-refractivity contribution in [3.8, 4) is 0 Å². The van der Waals surface area contributed by atoms with Gasteiger partial charge in [-0.1, -0.05) is 13.8 Å². The monoisotopic (exact) mass is 301 g/mol. The van der Waals surface area contributed by atoms with Crippen LogP contribution in [0.1, 0.15) is 26.7 Å². The number of nitrogens with one attached hydrogen (secondary N) is 1. The lowest BCUT2D eigenvalue weighted by molar-refractivity contribution is 0.127. The number of nitrogen functional groups attached to an aromatic ring is 1. The molecule has 0 aliphatic heterocycles. The molecule has 0 saturated heterocycles. The molecule has 0 radical (unpaired) electrons. The Morgan fingerprint density at radius 3 is 2.30 bits per heavy atom. The molecule has 1 aromatic rings. The zero-order chi connectivity index (χ0) is 15.4. The highest BCUT2D eigenvalue weighted by atomic mass is 32.2. The summed E-state index contributed by atoms with van der Waals surface area (Å²) < 4.78 is 22.7. The van der Waals surface area contributed by atoms with Crippen molar-refractivity contribution in [2.45, 2.75) is 31.6 Å². The van der Waals surface area contributed by atoms with Crippen LogP contribution in [0.2, 0.25) is 0 Å². The Labute approximate surface area is 120 Å². The zero-order valence-electron chi connectivity index (χ0n) is 11.9. The lowest BCUT2D eigenvalue weighted by Gasteiger charge is -2.30. The van der Waals surface area contributed by atoms with Crippen molar-refractivity contribution in [1.82, 2.24) is 0 Å². The van der Waals surface area contributed by atoms with E-state index in [0.717, 1.165) is 12.8 Å². The fraction of sp³-hybridized carbons (Fsp3) is 0.538. The molecular weight excluding hydrogens is 278 g/mol. The summed E-state index contributed by atoms with van der Waals surface area (Å²) in [4.78, 5) is -0.0254. The summed E-state index contributed by atoms with van der Waals surface area (Å²) in [5, 5.41) is 17.7. The van der Waals surface area contributed by atoms with E-state index in [9.17, 15) is 13.5 Å². The van der Waals surface area contributed by atoms with Gasteiger partial charge in [0.25, 0.3) is 0 Å². The van der Waals surface area contributed by atoms with Crippen LogP contribution in [-0.2, 0) is 10.0 Å². The van der Waals surface area contributed by atoms with Crippen LogP contribution in [0.4, 0.5) is 11.4 Å². The maximum absolute atomic E-state index is 11.4. The summed E-state index contributed by atoms with van der Waals surface area (Å²) in [6.07, 6.45) is 1.63. The van der Waals surface area contributed by atoms with E-state index < -0.39 is 10.0 Å². The third-order valence-electron chi connectivity index (χ3n) is 3.76. The van der Waals surface area contributed by atoms with E-state index in [-0.39, 0.29) is 16.9 Å². The topological polar surface area (TPSA) is 118 Å². The number of hydrogen-bond acceptors (Lipinski definition) is 5. The van der Waals surface area contributed by atoms with Crippen LogP contribution >= 0.6 is 0 Å². The molecule has 0 unspecified atom stereocenters. The van der Waals surface area contributed by atoms with Crippen LogP contribution in [0.15, 0.2) is 23.1 Å². The third kappa shape index (κ3) is 4.09. The molecule has 0 saturated carbocycles. The Kier molecular flexibility index (Phi) is 5.38. The van der Waals surface area contributed by atoms with Gasteiger partial charge < -0.3 is 16.2 Å². The summed E-state index contributed by atoms with van der Waals surface area (Å²) in [6, 6.07) is 4.40. The summed E-state index contributed by atoms with van der Waals surface area (Å²) in [6.45, 7) is 4.62. The Bertz CT molecular complexity index is 546. The second-order valence-corrected chi connectivity index (χ2v) is 6.62. The number of nitrogens with two attached hydrogens (primary N) is 2. The van der Waals surface area contributed by atoms with E-state index in [2.05, 4.69) is 5.32 Å². The molecule has 1 aromatic carbocycles. The first-order valence-corrected chi connectivity index (χ1v) is 8.09. The molecule has 6 N–H and O–H groups in total. The Balaban J connectivity index is 2.96. The molecule has 0 atom stereocenters. The van der Waals surface area contributed by atoms with Crippen molar-refractivity contribution in [2.24, 2.45) is 10.6 Å². The van der Waals surface area contributed by atoms with Crippen LogP contribution < -0.4 is 16.2 Å². The van der Waals surface area contributed by atoms with E-state index in [1.165, 1.54) is 12.1 Å². The molecule has 0 aliphatic rings. The second-order valence-electron chi connectivity index (χ2n) is 5.05. The molecule has 1 rings (SSSR count). The number of rotatable bonds is 7. The van der Waals surface area contributed by atoms with Gasteiger partial charge in [-0.05, 0) is 31.0 Å². The van der Waals surface area contributed by atoms with Gasteiger partial charge in [-0.15, -0.1) is 0 Å². The van der Waals surface area contributed by atoms with Crippen molar-refractivity contribution in [3.05, 3.63) is 18.2 Å². The molecular formula is C13H23N3O3S. The van der Waals surface area contributed by atoms with E-state index in [4.69, 9.17) is 10.9 Å². The van der Waals surface area contributed by atoms with Gasteiger partial charge in [-0.3, -0.25) is 0 Å². The first kappa shape index (κ1) is 16.7. The van der Waals surface area contributed by atoms with E-state index in [1.54, 1.807) is 6.07 Å². The number of primary sulfonamides is 1. The average Bonchev–Trinajstić information content (AvgIpc) is 2.39. The predicted octanol–water partition coefficient (Wildman–Crippen LogP) is 1.13. The SMILES string of the molecule is CCC(CC)(CO)CNc1cc(N)cc(S(N)(=O)=O)c1. The van der Waals surface area contributed by atoms with E-state index in [1.807, 2.05) is 13.8 Å². The van der Waals surface area contributed by atoms with Gasteiger partial charge in [-0.2, -0.15) is 0 Å². The lowest BCUT2D eigenvalue weighted by atomic mass is 9.83. The summed E-state index contributed by atoms with van der Waals surface area (Å²) in [5.74, 6) is 0. The Morgan fingerprint density at radius 2 is 1.85 bits per heavy atom. The maximum atomic E-state index is 11.4. The van der Waals surface area contributed by atoms with Crippen molar-refractivity contribution in [2.75, 3.05) is 24.2 Å². The largest absolute Gasteiger partial charge is 0.399 e. The molecule has 7 heteroatoms. The molecule has 0 amide bonds. The van der Waals surface area contributed by atoms with Crippen LogP contribution in [0, 0.1) is 5.41 Å². The molecule has 0 aromatic heterocycles. The minimum atomic E-state index is -3.79. The number of aliphatic hydroxyl groups is 1. The zero-order valence-corrected chi connectivity index (χ0v) is 12.7. The second kappa shape index (κ2) is 6.43. The predicted molar refractivity (Wildman–Crippen MR) is 80.8 cm³/mol. The minimum absolute atomic E-state index is 0.0254. The summed E-state index contributed by atoms with van der Waals surface area (Å²) in [5.41, 5.74) is 6.35. The first-order valence-electron chi connectivity index (χ1n) is 6.54. The van der Waals surface area contributed by atoms with Gasteiger partial charge in [0, 0.05) is 23.3 Å². The fourth-order valence-corrected chi connectivity index (χ4v) is 2.55. The highest BCUT2D eigenvalue weighted by Crippen LogP contribution is 2.27. The number of sulfonamides is 1. The number of aliphatic hydroxyl groups excluding tert-OH is 1. The van der Waals surface area contributed by atoms with Crippen molar-refractivity contribution in [3.63, 3.8) is 0 Å². The van der Waals surface area contributed by atoms with Gasteiger partial charge in [0.05, 0.1) is 11.5 Å². The normalized spacial score (nSPS) is 12.4. The van der Waals surface area contributed by atoms with Crippen molar-refractivity contribution >= 4 is 21.4 Å². The highest BCUT2D eigenvalue weighted by molar-refractivity contribution is 7.89. The fourth-order valence-electron chi connectivity index (χ4n) is 1.96. The van der Waals surface area contributed by atoms with Crippen LogP contribution in [-0.4, -0.2) is 26.7 Å². The minimum Gasteiger partial charge on any atom is -0.399 e. The van der Waals surface area contributed by atoms with Crippen LogP contribution in [0.5, 0.6) is 0 Å². The standard InChI is InChI=1S/C13H23N3O3S/c1-3-13(4-2,9-17)8-16-11-5-10(14)6-12(7-11)20(15,18)19/h5-7,16-17H,3-4,8-9,14H2,1-2H3,(H2,15,18,19). The van der Waals surface area contributed by atoms with Crippen molar-refractivity contribution < 1.29 is 13.5 Å². The van der Waals surface area contributed by atoms with Gasteiger partial charge >= 0.3 is 0 Å². The van der Waals surface area contributed by atoms with Gasteiger partial charge in [-0.25, -0.2) is 13.6 Å². The van der Waals surface area contributed by atoms with E-state index >= 15 is 0 Å². The first-order chi connectivity index (χ1) is 9.26.